The van der Waals surface area contributed by atoms with E-state index in [2.05, 4.69) is 21.2 Å². The van der Waals surface area contributed by atoms with E-state index in [0.29, 0.717) is 13.1 Å². The number of aliphatic hydroxyl groups excluding tert-OH is 1. The van der Waals surface area contributed by atoms with Crippen LogP contribution in [0, 0.1) is 0 Å². The summed E-state index contributed by atoms with van der Waals surface area (Å²) in [5, 5.41) is 18.1. The molecule has 2 unspecified atom stereocenters. The predicted molar refractivity (Wildman–Crippen MR) is 77.8 cm³/mol. The van der Waals surface area contributed by atoms with Crippen molar-refractivity contribution in [2.45, 2.75) is 25.1 Å². The third-order valence-corrected chi connectivity index (χ3v) is 4.01. The third kappa shape index (κ3) is 2.91. The second-order valence-electron chi connectivity index (χ2n) is 5.47. The molecule has 112 valence electrons. The number of benzene rings is 1. The molecular formula is C15H20N4O2. The van der Waals surface area contributed by atoms with Gasteiger partial charge in [0.05, 0.1) is 19.8 Å². The fourth-order valence-corrected chi connectivity index (χ4v) is 2.88. The Labute approximate surface area is 124 Å². The molecule has 1 N–H and O–H groups in total. The Morgan fingerprint density at radius 1 is 1.43 bits per heavy atom. The Kier molecular flexibility index (Phi) is 3.90. The summed E-state index contributed by atoms with van der Waals surface area (Å²) in [6.07, 6.45) is 2.11. The molecule has 0 bridgehead atoms. The highest BCUT2D eigenvalue weighted by atomic mass is 16.5. The molecule has 1 aliphatic rings. The number of aliphatic hydroxyl groups is 1. The molecule has 6 nitrogen and oxygen atoms in total. The second kappa shape index (κ2) is 5.83. The minimum absolute atomic E-state index is 0.173. The highest BCUT2D eigenvalue weighted by molar-refractivity contribution is 5.31. The van der Waals surface area contributed by atoms with Gasteiger partial charge in [-0.2, -0.15) is 0 Å². The van der Waals surface area contributed by atoms with E-state index in [9.17, 15) is 5.11 Å². The maximum absolute atomic E-state index is 10.0. The van der Waals surface area contributed by atoms with Gasteiger partial charge < -0.3 is 14.4 Å². The normalized spacial score (nSPS) is 22.6. The van der Waals surface area contributed by atoms with Crippen LogP contribution in [0.3, 0.4) is 0 Å². The van der Waals surface area contributed by atoms with E-state index in [-0.39, 0.29) is 12.1 Å². The largest absolute Gasteiger partial charge is 0.497 e. The van der Waals surface area contributed by atoms with E-state index >= 15 is 0 Å². The van der Waals surface area contributed by atoms with Gasteiger partial charge in [0.25, 0.3) is 0 Å². The average molecular weight is 288 g/mol. The fraction of sp³-hybridized carbons (Fsp3) is 0.467. The Hall–Kier alpha value is -1.92. The number of rotatable bonds is 4. The van der Waals surface area contributed by atoms with Gasteiger partial charge in [-0.25, -0.2) is 0 Å². The molecule has 0 aliphatic carbocycles. The third-order valence-electron chi connectivity index (χ3n) is 4.01. The highest BCUT2D eigenvalue weighted by Gasteiger charge is 2.32. The van der Waals surface area contributed by atoms with Crippen LogP contribution in [0.1, 0.15) is 23.9 Å². The van der Waals surface area contributed by atoms with Crippen LogP contribution in [0.5, 0.6) is 5.75 Å². The molecule has 2 heterocycles. The van der Waals surface area contributed by atoms with Crippen molar-refractivity contribution in [2.75, 3.05) is 13.7 Å². The van der Waals surface area contributed by atoms with Crippen molar-refractivity contribution < 1.29 is 9.84 Å². The summed E-state index contributed by atoms with van der Waals surface area (Å²) in [6.45, 7) is 1.32. The smallest absolute Gasteiger partial charge is 0.146 e. The monoisotopic (exact) mass is 288 g/mol. The van der Waals surface area contributed by atoms with E-state index in [0.717, 1.165) is 23.6 Å². The Morgan fingerprint density at radius 2 is 2.29 bits per heavy atom. The molecule has 0 radical (unpaired) electrons. The summed E-state index contributed by atoms with van der Waals surface area (Å²) in [7, 11) is 3.60. The molecule has 6 heteroatoms. The van der Waals surface area contributed by atoms with E-state index < -0.39 is 0 Å². The molecule has 1 fully saturated rings. The fourth-order valence-electron chi connectivity index (χ4n) is 2.88. The lowest BCUT2D eigenvalue weighted by molar-refractivity contribution is 0.171. The van der Waals surface area contributed by atoms with Crippen LogP contribution in [0.25, 0.3) is 0 Å². The average Bonchev–Trinajstić information content (AvgIpc) is 3.06. The molecule has 0 saturated carbocycles. The Morgan fingerprint density at radius 3 is 3.00 bits per heavy atom. The number of aryl methyl sites for hydroxylation is 1. The number of nitrogens with zero attached hydrogens (tertiary/aromatic N) is 4. The van der Waals surface area contributed by atoms with Gasteiger partial charge >= 0.3 is 0 Å². The molecule has 2 aromatic rings. The number of ether oxygens (including phenoxy) is 1. The standard InChI is InChI=1S/C15H20N4O2/c1-18-10-16-17-15(18)9-19-8-12(20)7-14(19)11-4-3-5-13(6-11)21-2/h3-6,10,12,14,20H,7-9H2,1-2H3. The molecule has 1 saturated heterocycles. The number of aromatic nitrogens is 3. The van der Waals surface area contributed by atoms with Crippen molar-refractivity contribution in [3.8, 4) is 5.75 Å². The zero-order chi connectivity index (χ0) is 14.8. The number of likely N-dealkylation sites (tertiary alicyclic amines) is 1. The number of β-amino-alcohol motifs (C(OH)–C–C–N with tert-alkyl or cyclic N) is 1. The van der Waals surface area contributed by atoms with Crippen LogP contribution in [-0.2, 0) is 13.6 Å². The molecule has 21 heavy (non-hydrogen) atoms. The first-order valence-corrected chi connectivity index (χ1v) is 7.06. The summed E-state index contributed by atoms with van der Waals surface area (Å²) in [5.74, 6) is 1.74. The molecular weight excluding hydrogens is 268 g/mol. The summed E-state index contributed by atoms with van der Waals surface area (Å²) in [4.78, 5) is 2.24. The van der Waals surface area contributed by atoms with Crippen LogP contribution in [0.15, 0.2) is 30.6 Å². The Bertz CT molecular complexity index is 613. The molecule has 1 aliphatic heterocycles. The minimum Gasteiger partial charge on any atom is -0.497 e. The molecule has 3 rings (SSSR count). The second-order valence-corrected chi connectivity index (χ2v) is 5.47. The van der Waals surface area contributed by atoms with Gasteiger partial charge in [0, 0.05) is 19.6 Å². The lowest BCUT2D eigenvalue weighted by atomic mass is 10.0. The van der Waals surface area contributed by atoms with Crippen LogP contribution >= 0.6 is 0 Å². The topological polar surface area (TPSA) is 63.4 Å². The summed E-state index contributed by atoms with van der Waals surface area (Å²) in [5.41, 5.74) is 1.16. The van der Waals surface area contributed by atoms with Crippen molar-refractivity contribution in [1.82, 2.24) is 19.7 Å². The number of hydrogen-bond acceptors (Lipinski definition) is 5. The maximum Gasteiger partial charge on any atom is 0.146 e. The van der Waals surface area contributed by atoms with Crippen LogP contribution in [0.2, 0.25) is 0 Å². The maximum atomic E-state index is 10.0. The van der Waals surface area contributed by atoms with Gasteiger partial charge in [0.2, 0.25) is 0 Å². The van der Waals surface area contributed by atoms with Gasteiger partial charge in [-0.1, -0.05) is 12.1 Å². The summed E-state index contributed by atoms with van der Waals surface area (Å²) in [6, 6.07) is 8.20. The zero-order valence-electron chi connectivity index (χ0n) is 12.3. The lowest BCUT2D eigenvalue weighted by Crippen LogP contribution is -2.25. The zero-order valence-corrected chi connectivity index (χ0v) is 12.3. The predicted octanol–water partition coefficient (Wildman–Crippen LogP) is 1.13. The van der Waals surface area contributed by atoms with Crippen LogP contribution in [-0.4, -0.2) is 44.5 Å². The Balaban J connectivity index is 1.83. The first kappa shape index (κ1) is 14.0. The van der Waals surface area contributed by atoms with E-state index in [1.165, 1.54) is 0 Å². The van der Waals surface area contributed by atoms with Crippen molar-refractivity contribution in [2.24, 2.45) is 7.05 Å². The van der Waals surface area contributed by atoms with Crippen molar-refractivity contribution in [3.05, 3.63) is 42.0 Å². The van der Waals surface area contributed by atoms with Gasteiger partial charge in [-0.15, -0.1) is 10.2 Å². The summed E-state index contributed by atoms with van der Waals surface area (Å²) < 4.78 is 7.20. The van der Waals surface area contributed by atoms with Crippen molar-refractivity contribution in [3.63, 3.8) is 0 Å². The van der Waals surface area contributed by atoms with Gasteiger partial charge in [0.15, 0.2) is 0 Å². The molecule has 0 amide bonds. The van der Waals surface area contributed by atoms with E-state index in [1.807, 2.05) is 29.8 Å². The van der Waals surface area contributed by atoms with Crippen LogP contribution in [0.4, 0.5) is 0 Å². The lowest BCUT2D eigenvalue weighted by Gasteiger charge is -2.24. The number of methoxy groups -OCH3 is 1. The quantitative estimate of drug-likeness (QED) is 0.914. The first-order valence-electron chi connectivity index (χ1n) is 7.06. The molecule has 2 atom stereocenters. The first-order chi connectivity index (χ1) is 10.2. The van der Waals surface area contributed by atoms with E-state index in [1.54, 1.807) is 13.4 Å². The molecule has 1 aromatic heterocycles. The van der Waals surface area contributed by atoms with Crippen molar-refractivity contribution in [1.29, 1.82) is 0 Å². The van der Waals surface area contributed by atoms with Crippen LogP contribution < -0.4 is 4.74 Å². The summed E-state index contributed by atoms with van der Waals surface area (Å²) >= 11 is 0. The minimum atomic E-state index is -0.311. The number of hydrogen-bond donors (Lipinski definition) is 1. The van der Waals surface area contributed by atoms with Gasteiger partial charge in [0.1, 0.15) is 17.9 Å². The van der Waals surface area contributed by atoms with Gasteiger partial charge in [-0.3, -0.25) is 4.90 Å². The SMILES string of the molecule is COc1cccc(C2CC(O)CN2Cc2nncn2C)c1. The van der Waals surface area contributed by atoms with E-state index in [4.69, 9.17) is 4.74 Å². The van der Waals surface area contributed by atoms with Crippen molar-refractivity contribution >= 4 is 0 Å². The van der Waals surface area contributed by atoms with Gasteiger partial charge in [-0.05, 0) is 24.1 Å². The molecule has 0 spiro atoms. The highest BCUT2D eigenvalue weighted by Crippen LogP contribution is 2.34. The molecule has 1 aromatic carbocycles.